The van der Waals surface area contributed by atoms with Crippen molar-refractivity contribution in [2.24, 2.45) is 0 Å². The third-order valence-electron chi connectivity index (χ3n) is 2.61. The molecule has 0 spiro atoms. The van der Waals surface area contributed by atoms with Gasteiger partial charge in [-0.2, -0.15) is 0 Å². The van der Waals surface area contributed by atoms with Crippen molar-refractivity contribution in [3.8, 4) is 0 Å². The molecule has 2 N–H and O–H groups in total. The zero-order valence-electron chi connectivity index (χ0n) is 8.68. The third kappa shape index (κ3) is 2.18. The number of nitrogens with one attached hydrogen (secondary N) is 1. The first kappa shape index (κ1) is 10.2. The van der Waals surface area contributed by atoms with Gasteiger partial charge in [0.25, 0.3) is 0 Å². The number of hydrogen-bond donors (Lipinski definition) is 2. The molecule has 1 aromatic rings. The molecule has 2 rings (SSSR count). The molecule has 0 radical (unpaired) electrons. The summed E-state index contributed by atoms with van der Waals surface area (Å²) >= 11 is 0. The first-order valence-corrected chi connectivity index (χ1v) is 5.21. The average molecular weight is 209 g/mol. The van der Waals surface area contributed by atoms with Gasteiger partial charge in [0.1, 0.15) is 6.04 Å². The van der Waals surface area contributed by atoms with Gasteiger partial charge in [-0.15, -0.1) is 0 Å². The van der Waals surface area contributed by atoms with Crippen LogP contribution in [-0.2, 0) is 11.3 Å². The molecule has 0 aliphatic heterocycles. The fourth-order valence-electron chi connectivity index (χ4n) is 1.60. The van der Waals surface area contributed by atoms with Gasteiger partial charge in [-0.3, -0.25) is 10.1 Å². The molecule has 82 valence electrons. The molecular formula is C10H15N3O2. The summed E-state index contributed by atoms with van der Waals surface area (Å²) in [5.74, 6) is -0.836. The van der Waals surface area contributed by atoms with Crippen LogP contribution in [0.3, 0.4) is 0 Å². The van der Waals surface area contributed by atoms with Crippen LogP contribution in [0, 0.1) is 0 Å². The lowest BCUT2D eigenvalue weighted by Crippen LogP contribution is -2.31. The molecule has 1 unspecified atom stereocenters. The molecule has 1 atom stereocenters. The predicted octanol–water partition coefficient (Wildman–Crippen LogP) is 0.781. The minimum atomic E-state index is -0.836. The molecule has 0 aromatic carbocycles. The number of hydrogen-bond acceptors (Lipinski definition) is 3. The van der Waals surface area contributed by atoms with Crippen LogP contribution in [0.1, 0.15) is 31.5 Å². The van der Waals surface area contributed by atoms with Crippen LogP contribution in [0.25, 0.3) is 0 Å². The number of aryl methyl sites for hydroxylation is 1. The predicted molar refractivity (Wildman–Crippen MR) is 54.4 cm³/mol. The summed E-state index contributed by atoms with van der Waals surface area (Å²) in [6.07, 6.45) is 5.44. The lowest BCUT2D eigenvalue weighted by atomic mass is 10.2. The monoisotopic (exact) mass is 209 g/mol. The second-order valence-electron chi connectivity index (χ2n) is 3.82. The Kier molecular flexibility index (Phi) is 2.73. The van der Waals surface area contributed by atoms with Crippen LogP contribution in [0.4, 0.5) is 0 Å². The van der Waals surface area contributed by atoms with Crippen molar-refractivity contribution in [2.75, 3.05) is 0 Å². The zero-order chi connectivity index (χ0) is 10.8. The van der Waals surface area contributed by atoms with E-state index in [1.807, 2.05) is 11.5 Å². The highest BCUT2D eigenvalue weighted by molar-refractivity contribution is 5.75. The number of aliphatic carboxylic acids is 1. The molecule has 15 heavy (non-hydrogen) atoms. The molecule has 1 aliphatic carbocycles. The van der Waals surface area contributed by atoms with Gasteiger partial charge >= 0.3 is 5.97 Å². The summed E-state index contributed by atoms with van der Waals surface area (Å²) in [6, 6.07) is -0.258. The standard InChI is InChI=1S/C10H15N3O2/c1-2-13-6-11-5-8(13)9(10(14)15)12-7-3-4-7/h5-7,9,12H,2-4H2,1H3,(H,14,15). The highest BCUT2D eigenvalue weighted by Gasteiger charge is 2.30. The topological polar surface area (TPSA) is 67.2 Å². The van der Waals surface area contributed by atoms with Gasteiger partial charge < -0.3 is 9.67 Å². The number of carboxylic acid groups (broad SMARTS) is 1. The number of imidazole rings is 1. The van der Waals surface area contributed by atoms with Crippen molar-refractivity contribution in [1.82, 2.24) is 14.9 Å². The molecule has 0 bridgehead atoms. The number of rotatable bonds is 5. The molecule has 1 aromatic heterocycles. The summed E-state index contributed by atoms with van der Waals surface area (Å²) < 4.78 is 1.86. The zero-order valence-corrected chi connectivity index (χ0v) is 8.68. The Labute approximate surface area is 88.1 Å². The maximum atomic E-state index is 11.1. The summed E-state index contributed by atoms with van der Waals surface area (Å²) in [7, 11) is 0. The van der Waals surface area contributed by atoms with E-state index in [4.69, 9.17) is 5.11 Å². The van der Waals surface area contributed by atoms with Crippen LogP contribution in [0.15, 0.2) is 12.5 Å². The Morgan fingerprint density at radius 2 is 2.53 bits per heavy atom. The van der Waals surface area contributed by atoms with Gasteiger partial charge in [-0.25, -0.2) is 4.98 Å². The first-order chi connectivity index (χ1) is 7.22. The summed E-state index contributed by atoms with van der Waals surface area (Å²) in [5, 5.41) is 12.2. The van der Waals surface area contributed by atoms with Crippen molar-refractivity contribution in [2.45, 2.75) is 38.4 Å². The van der Waals surface area contributed by atoms with Crippen molar-refractivity contribution < 1.29 is 9.90 Å². The van der Waals surface area contributed by atoms with Crippen molar-refractivity contribution in [1.29, 1.82) is 0 Å². The lowest BCUT2D eigenvalue weighted by molar-refractivity contribution is -0.139. The van der Waals surface area contributed by atoms with Crippen LogP contribution in [-0.4, -0.2) is 26.7 Å². The van der Waals surface area contributed by atoms with Crippen molar-refractivity contribution >= 4 is 5.97 Å². The smallest absolute Gasteiger partial charge is 0.326 e. The van der Waals surface area contributed by atoms with Crippen molar-refractivity contribution in [3.05, 3.63) is 18.2 Å². The Balaban J connectivity index is 2.18. The number of nitrogens with zero attached hydrogens (tertiary/aromatic N) is 2. The first-order valence-electron chi connectivity index (χ1n) is 5.21. The maximum absolute atomic E-state index is 11.1. The largest absolute Gasteiger partial charge is 0.480 e. The van der Waals surface area contributed by atoms with E-state index >= 15 is 0 Å². The van der Waals surface area contributed by atoms with Gasteiger partial charge in [-0.1, -0.05) is 0 Å². The molecule has 5 nitrogen and oxygen atoms in total. The fourth-order valence-corrected chi connectivity index (χ4v) is 1.60. The number of aromatic nitrogens is 2. The maximum Gasteiger partial charge on any atom is 0.326 e. The second-order valence-corrected chi connectivity index (χ2v) is 3.82. The van der Waals surface area contributed by atoms with E-state index in [9.17, 15) is 4.79 Å². The Bertz CT molecular complexity index is 357. The van der Waals surface area contributed by atoms with Gasteiger partial charge in [0.2, 0.25) is 0 Å². The minimum absolute atomic E-state index is 0.367. The van der Waals surface area contributed by atoms with E-state index in [-0.39, 0.29) is 0 Å². The molecule has 1 saturated carbocycles. The third-order valence-corrected chi connectivity index (χ3v) is 2.61. The Morgan fingerprint density at radius 1 is 1.80 bits per heavy atom. The quantitative estimate of drug-likeness (QED) is 0.752. The van der Waals surface area contributed by atoms with E-state index in [0.29, 0.717) is 6.04 Å². The molecule has 1 aliphatic rings. The van der Waals surface area contributed by atoms with E-state index in [0.717, 1.165) is 25.1 Å². The SMILES string of the molecule is CCn1cncc1C(NC1CC1)C(=O)O. The summed E-state index contributed by atoms with van der Waals surface area (Å²) in [4.78, 5) is 15.1. The minimum Gasteiger partial charge on any atom is -0.480 e. The summed E-state index contributed by atoms with van der Waals surface area (Å²) in [6.45, 7) is 2.71. The molecule has 0 saturated heterocycles. The molecule has 5 heteroatoms. The van der Waals surface area contributed by atoms with Crippen LogP contribution < -0.4 is 5.32 Å². The van der Waals surface area contributed by atoms with Crippen LogP contribution in [0.2, 0.25) is 0 Å². The average Bonchev–Trinajstić information content (AvgIpc) is 2.91. The highest BCUT2D eigenvalue weighted by Crippen LogP contribution is 2.24. The molecule has 0 amide bonds. The molecular weight excluding hydrogens is 194 g/mol. The van der Waals surface area contributed by atoms with Crippen LogP contribution in [0.5, 0.6) is 0 Å². The molecule has 1 fully saturated rings. The number of carboxylic acids is 1. The van der Waals surface area contributed by atoms with E-state index in [1.165, 1.54) is 0 Å². The van der Waals surface area contributed by atoms with E-state index in [1.54, 1.807) is 12.5 Å². The second kappa shape index (κ2) is 4.02. The summed E-state index contributed by atoms with van der Waals surface area (Å²) in [5.41, 5.74) is 0.733. The fraction of sp³-hybridized carbons (Fsp3) is 0.600. The molecule has 1 heterocycles. The number of carbonyl (C=O) groups is 1. The van der Waals surface area contributed by atoms with Gasteiger partial charge in [-0.05, 0) is 19.8 Å². The normalized spacial score (nSPS) is 17.7. The van der Waals surface area contributed by atoms with Gasteiger partial charge in [0.05, 0.1) is 18.2 Å². The lowest BCUT2D eigenvalue weighted by Gasteiger charge is -2.15. The van der Waals surface area contributed by atoms with Crippen LogP contribution >= 0.6 is 0 Å². The Morgan fingerprint density at radius 3 is 3.07 bits per heavy atom. The highest BCUT2D eigenvalue weighted by atomic mass is 16.4. The van der Waals surface area contributed by atoms with E-state index < -0.39 is 12.0 Å². The van der Waals surface area contributed by atoms with Crippen molar-refractivity contribution in [3.63, 3.8) is 0 Å². The van der Waals surface area contributed by atoms with E-state index in [2.05, 4.69) is 10.3 Å². The Hall–Kier alpha value is -1.36. The van der Waals surface area contributed by atoms with Gasteiger partial charge in [0.15, 0.2) is 0 Å². The van der Waals surface area contributed by atoms with Gasteiger partial charge in [0, 0.05) is 12.6 Å².